The van der Waals surface area contributed by atoms with Gasteiger partial charge in [-0.1, -0.05) is 19.9 Å². The molecule has 0 aliphatic heterocycles. The van der Waals surface area contributed by atoms with Gasteiger partial charge in [-0.15, -0.1) is 0 Å². The number of urea groups is 1. The molecule has 2 aromatic carbocycles. The molecule has 0 spiro atoms. The minimum absolute atomic E-state index is 0.0128. The number of carbonyl (C=O) groups is 1. The Balaban J connectivity index is 2.34. The number of methoxy groups -OCH3 is 1. The predicted molar refractivity (Wildman–Crippen MR) is 112 cm³/mol. The second-order valence-electron chi connectivity index (χ2n) is 7.43. The molecule has 164 valence electrons. The molecule has 2 amide bonds. The fourth-order valence-electron chi connectivity index (χ4n) is 2.81. The lowest BCUT2D eigenvalue weighted by Gasteiger charge is -2.28. The molecule has 0 aliphatic rings. The molecule has 0 unspecified atom stereocenters. The third-order valence-corrected chi connectivity index (χ3v) is 5.39. The van der Waals surface area contributed by atoms with E-state index in [1.807, 2.05) is 13.8 Å². The van der Waals surface area contributed by atoms with Crippen LogP contribution in [0, 0.1) is 11.7 Å². The van der Waals surface area contributed by atoms with E-state index in [9.17, 15) is 17.6 Å². The molecule has 30 heavy (non-hydrogen) atoms. The van der Waals surface area contributed by atoms with Gasteiger partial charge in [0.2, 0.25) is 0 Å². The number of benzene rings is 2. The van der Waals surface area contributed by atoms with Gasteiger partial charge in [-0.25, -0.2) is 9.18 Å². The first-order chi connectivity index (χ1) is 14.0. The molecule has 2 aromatic rings. The van der Waals surface area contributed by atoms with Crippen molar-refractivity contribution in [3.63, 3.8) is 0 Å². The maximum atomic E-state index is 13.1. The Hall–Kier alpha value is -2.81. The van der Waals surface area contributed by atoms with E-state index in [2.05, 4.69) is 0 Å². The van der Waals surface area contributed by atoms with E-state index < -0.39 is 15.9 Å². The molecular formula is C21H27FN2O5S. The standard InChI is InChI=1S/C21H27FN2O5S/c1-15(2)13-24(21(25)23(3)4)14-16-6-11-19(28-5)20(12-16)29-30(26,27)18-9-7-17(22)8-10-18/h6-12,15H,13-14H2,1-5H3. The van der Waals surface area contributed by atoms with Crippen LogP contribution in [0.2, 0.25) is 0 Å². The highest BCUT2D eigenvalue weighted by atomic mass is 32.2. The first-order valence-corrected chi connectivity index (χ1v) is 10.8. The summed E-state index contributed by atoms with van der Waals surface area (Å²) in [5.41, 5.74) is 0.677. The van der Waals surface area contributed by atoms with Gasteiger partial charge in [-0.05, 0) is 47.9 Å². The minimum atomic E-state index is -4.19. The van der Waals surface area contributed by atoms with E-state index in [4.69, 9.17) is 8.92 Å². The number of carbonyl (C=O) groups excluding carboxylic acids is 1. The van der Waals surface area contributed by atoms with Crippen LogP contribution in [0.15, 0.2) is 47.4 Å². The largest absolute Gasteiger partial charge is 0.493 e. The van der Waals surface area contributed by atoms with Crippen molar-refractivity contribution in [1.29, 1.82) is 0 Å². The van der Waals surface area contributed by atoms with Crippen molar-refractivity contribution in [2.75, 3.05) is 27.7 Å². The molecule has 0 heterocycles. The number of nitrogens with zero attached hydrogens (tertiary/aromatic N) is 2. The van der Waals surface area contributed by atoms with Gasteiger partial charge in [-0.3, -0.25) is 0 Å². The minimum Gasteiger partial charge on any atom is -0.493 e. The first kappa shape index (κ1) is 23.5. The Labute approximate surface area is 177 Å². The summed E-state index contributed by atoms with van der Waals surface area (Å²) in [6.07, 6.45) is 0. The number of amides is 2. The SMILES string of the molecule is COc1ccc(CN(CC(C)C)C(=O)N(C)C)cc1OS(=O)(=O)c1ccc(F)cc1. The molecule has 0 aliphatic carbocycles. The Morgan fingerprint density at radius 1 is 1.07 bits per heavy atom. The Kier molecular flexibility index (Phi) is 7.66. The van der Waals surface area contributed by atoms with Crippen LogP contribution in [0.25, 0.3) is 0 Å². The van der Waals surface area contributed by atoms with E-state index in [-0.39, 0.29) is 34.9 Å². The zero-order valence-electron chi connectivity index (χ0n) is 17.8. The summed E-state index contributed by atoms with van der Waals surface area (Å²) in [7, 11) is 0.552. The zero-order valence-corrected chi connectivity index (χ0v) is 18.6. The Morgan fingerprint density at radius 2 is 1.70 bits per heavy atom. The van der Waals surface area contributed by atoms with Crippen molar-refractivity contribution in [1.82, 2.24) is 9.80 Å². The molecule has 9 heteroatoms. The zero-order chi connectivity index (χ0) is 22.5. The molecule has 0 saturated carbocycles. The van der Waals surface area contributed by atoms with Crippen LogP contribution in [-0.4, -0.2) is 52.0 Å². The fraction of sp³-hybridized carbons (Fsp3) is 0.381. The molecule has 2 rings (SSSR count). The highest BCUT2D eigenvalue weighted by Crippen LogP contribution is 2.31. The van der Waals surface area contributed by atoms with Gasteiger partial charge in [0, 0.05) is 27.2 Å². The van der Waals surface area contributed by atoms with Crippen LogP contribution in [0.1, 0.15) is 19.4 Å². The van der Waals surface area contributed by atoms with Gasteiger partial charge in [0.05, 0.1) is 7.11 Å². The number of rotatable bonds is 8. The average Bonchev–Trinajstić information content (AvgIpc) is 2.66. The summed E-state index contributed by atoms with van der Waals surface area (Å²) in [6.45, 7) is 4.82. The molecule has 0 aromatic heterocycles. The highest BCUT2D eigenvalue weighted by Gasteiger charge is 2.21. The smallest absolute Gasteiger partial charge is 0.339 e. The third-order valence-electron chi connectivity index (χ3n) is 4.14. The lowest BCUT2D eigenvalue weighted by atomic mass is 10.1. The molecule has 0 saturated heterocycles. The highest BCUT2D eigenvalue weighted by molar-refractivity contribution is 7.87. The quantitative estimate of drug-likeness (QED) is 0.587. The molecule has 0 bridgehead atoms. The van der Waals surface area contributed by atoms with Crippen LogP contribution in [-0.2, 0) is 16.7 Å². The van der Waals surface area contributed by atoms with Crippen LogP contribution in [0.3, 0.4) is 0 Å². The van der Waals surface area contributed by atoms with Crippen molar-refractivity contribution >= 4 is 16.1 Å². The van der Waals surface area contributed by atoms with Crippen molar-refractivity contribution in [2.45, 2.75) is 25.3 Å². The second-order valence-corrected chi connectivity index (χ2v) is 8.97. The van der Waals surface area contributed by atoms with Crippen molar-refractivity contribution in [2.24, 2.45) is 5.92 Å². The van der Waals surface area contributed by atoms with Gasteiger partial charge < -0.3 is 18.7 Å². The molecule has 0 N–H and O–H groups in total. The molecular weight excluding hydrogens is 411 g/mol. The van der Waals surface area contributed by atoms with Crippen LogP contribution >= 0.6 is 0 Å². The van der Waals surface area contributed by atoms with Crippen LogP contribution in [0.4, 0.5) is 9.18 Å². The van der Waals surface area contributed by atoms with Crippen molar-refractivity contribution in [3.05, 3.63) is 53.8 Å². The Bertz CT molecular complexity index is 975. The maximum Gasteiger partial charge on any atom is 0.339 e. The van der Waals surface area contributed by atoms with Crippen LogP contribution < -0.4 is 8.92 Å². The second kappa shape index (κ2) is 9.80. The van der Waals surface area contributed by atoms with Gasteiger partial charge in [0.25, 0.3) is 0 Å². The fourth-order valence-corrected chi connectivity index (χ4v) is 3.74. The molecule has 7 nitrogen and oxygen atoms in total. The molecule has 0 atom stereocenters. The van der Waals surface area contributed by atoms with E-state index in [1.165, 1.54) is 18.1 Å². The number of ether oxygens (including phenoxy) is 1. The summed E-state index contributed by atoms with van der Waals surface area (Å²) in [4.78, 5) is 15.5. The van der Waals surface area contributed by atoms with E-state index in [0.29, 0.717) is 12.1 Å². The van der Waals surface area contributed by atoms with Gasteiger partial charge in [-0.2, -0.15) is 8.42 Å². The first-order valence-electron chi connectivity index (χ1n) is 9.36. The summed E-state index contributed by atoms with van der Waals surface area (Å²) < 4.78 is 48.8. The topological polar surface area (TPSA) is 76.2 Å². The predicted octanol–water partition coefficient (Wildman–Crippen LogP) is 3.74. The summed E-state index contributed by atoms with van der Waals surface area (Å²) in [6, 6.07) is 9.03. The Morgan fingerprint density at radius 3 is 2.23 bits per heavy atom. The van der Waals surface area contributed by atoms with Gasteiger partial charge >= 0.3 is 16.1 Å². The van der Waals surface area contributed by atoms with E-state index in [1.54, 1.807) is 31.1 Å². The van der Waals surface area contributed by atoms with E-state index in [0.717, 1.165) is 24.3 Å². The summed E-state index contributed by atoms with van der Waals surface area (Å²) in [5.74, 6) is -0.0917. The number of hydrogen-bond acceptors (Lipinski definition) is 5. The monoisotopic (exact) mass is 438 g/mol. The normalized spacial score (nSPS) is 11.3. The number of halogens is 1. The lowest BCUT2D eigenvalue weighted by Crippen LogP contribution is -2.40. The lowest BCUT2D eigenvalue weighted by molar-refractivity contribution is 0.161. The van der Waals surface area contributed by atoms with Crippen LogP contribution in [0.5, 0.6) is 11.5 Å². The number of hydrogen-bond donors (Lipinski definition) is 0. The molecule has 0 fully saturated rings. The van der Waals surface area contributed by atoms with E-state index >= 15 is 0 Å². The van der Waals surface area contributed by atoms with Gasteiger partial charge in [0.1, 0.15) is 10.7 Å². The third kappa shape index (κ3) is 6.09. The molecule has 0 radical (unpaired) electrons. The summed E-state index contributed by atoms with van der Waals surface area (Å²) in [5, 5.41) is 0. The van der Waals surface area contributed by atoms with Crippen molar-refractivity contribution in [3.8, 4) is 11.5 Å². The maximum absolute atomic E-state index is 13.1. The van der Waals surface area contributed by atoms with Gasteiger partial charge in [0.15, 0.2) is 11.5 Å². The van der Waals surface area contributed by atoms with Crippen molar-refractivity contribution < 1.29 is 26.5 Å². The average molecular weight is 439 g/mol. The summed E-state index contributed by atoms with van der Waals surface area (Å²) >= 11 is 0.